The molecule has 2 aromatic rings. The van der Waals surface area contributed by atoms with Gasteiger partial charge in [0.25, 0.3) is 11.8 Å². The molecule has 136 valence electrons. The van der Waals surface area contributed by atoms with E-state index in [-0.39, 0.29) is 29.7 Å². The van der Waals surface area contributed by atoms with Crippen molar-refractivity contribution < 1.29 is 14.0 Å². The third kappa shape index (κ3) is 2.23. The van der Waals surface area contributed by atoms with Crippen molar-refractivity contribution in [2.24, 2.45) is 5.92 Å². The van der Waals surface area contributed by atoms with Gasteiger partial charge in [-0.25, -0.2) is 9.67 Å². The number of carbonyl (C=O) groups excluding carboxylic acids is 2. The lowest BCUT2D eigenvalue weighted by atomic mass is 10.1. The number of nitrogens with zero attached hydrogens (tertiary/aromatic N) is 5. The number of anilines is 1. The molecular formula is C17H20N6O3. The molecule has 2 amide bonds. The normalized spacial score (nSPS) is 26.7. The number of aromatic nitrogens is 3. The minimum atomic E-state index is -0.152. The average molecular weight is 356 g/mol. The summed E-state index contributed by atoms with van der Waals surface area (Å²) in [6.45, 7) is 4.89. The molecule has 2 saturated heterocycles. The molecule has 1 unspecified atom stereocenters. The number of oxazole rings is 1. The molecular weight excluding hydrogens is 336 g/mol. The smallest absolute Gasteiger partial charge is 0.291 e. The summed E-state index contributed by atoms with van der Waals surface area (Å²) in [6.07, 6.45) is 5.16. The van der Waals surface area contributed by atoms with Gasteiger partial charge in [-0.2, -0.15) is 5.10 Å². The average Bonchev–Trinajstić information content (AvgIpc) is 3.42. The Morgan fingerprint density at radius 2 is 1.92 bits per heavy atom. The van der Waals surface area contributed by atoms with Crippen LogP contribution in [-0.2, 0) is 6.54 Å². The highest BCUT2D eigenvalue weighted by Crippen LogP contribution is 2.34. The number of likely N-dealkylation sites (tertiary alicyclic amines) is 2. The Morgan fingerprint density at radius 1 is 1.15 bits per heavy atom. The van der Waals surface area contributed by atoms with Crippen LogP contribution in [-0.4, -0.2) is 68.1 Å². The Labute approximate surface area is 149 Å². The molecule has 3 aliphatic rings. The number of nitrogens with one attached hydrogen (secondary N) is 1. The highest BCUT2D eigenvalue weighted by molar-refractivity contribution is 5.99. The minimum Gasteiger partial charge on any atom is -0.438 e. The summed E-state index contributed by atoms with van der Waals surface area (Å²) in [7, 11) is 0. The first-order chi connectivity index (χ1) is 12.6. The fourth-order valence-electron chi connectivity index (χ4n) is 4.28. The summed E-state index contributed by atoms with van der Waals surface area (Å²) in [6, 6.07) is 0.0679. The van der Waals surface area contributed by atoms with Crippen LogP contribution in [0.3, 0.4) is 0 Å². The molecule has 3 aliphatic heterocycles. The van der Waals surface area contributed by atoms with Crippen LogP contribution in [0.2, 0.25) is 0 Å². The Kier molecular flexibility index (Phi) is 3.31. The van der Waals surface area contributed by atoms with Gasteiger partial charge in [-0.1, -0.05) is 6.92 Å². The van der Waals surface area contributed by atoms with Gasteiger partial charge < -0.3 is 19.5 Å². The summed E-state index contributed by atoms with van der Waals surface area (Å²) < 4.78 is 6.99. The second-order valence-electron chi connectivity index (χ2n) is 7.40. The van der Waals surface area contributed by atoms with E-state index in [4.69, 9.17) is 4.42 Å². The van der Waals surface area contributed by atoms with Crippen molar-refractivity contribution in [3.8, 4) is 0 Å². The quantitative estimate of drug-likeness (QED) is 0.850. The fourth-order valence-corrected chi connectivity index (χ4v) is 4.28. The van der Waals surface area contributed by atoms with Crippen molar-refractivity contribution in [2.45, 2.75) is 32.0 Å². The van der Waals surface area contributed by atoms with Crippen LogP contribution in [0.1, 0.15) is 34.3 Å². The van der Waals surface area contributed by atoms with Crippen molar-refractivity contribution in [1.29, 1.82) is 0 Å². The topological polar surface area (TPSA) is 96.5 Å². The summed E-state index contributed by atoms with van der Waals surface area (Å²) in [5, 5.41) is 7.69. The number of carbonyl (C=O) groups is 2. The molecule has 0 aromatic carbocycles. The van der Waals surface area contributed by atoms with E-state index in [1.807, 2.05) is 9.58 Å². The molecule has 5 rings (SSSR count). The number of rotatable bonds is 2. The third-order valence-corrected chi connectivity index (χ3v) is 5.58. The number of hydrogen-bond donors (Lipinski definition) is 1. The van der Waals surface area contributed by atoms with E-state index in [0.29, 0.717) is 24.6 Å². The van der Waals surface area contributed by atoms with Gasteiger partial charge in [0.2, 0.25) is 5.76 Å². The highest BCUT2D eigenvalue weighted by atomic mass is 16.3. The first kappa shape index (κ1) is 15.4. The summed E-state index contributed by atoms with van der Waals surface area (Å²) >= 11 is 0. The molecule has 0 saturated carbocycles. The predicted molar refractivity (Wildman–Crippen MR) is 90.6 cm³/mol. The Hall–Kier alpha value is -2.84. The Morgan fingerprint density at radius 3 is 2.62 bits per heavy atom. The van der Waals surface area contributed by atoms with Gasteiger partial charge in [-0.3, -0.25) is 9.59 Å². The summed E-state index contributed by atoms with van der Waals surface area (Å²) in [5.41, 5.74) is 0.623. The number of amides is 2. The highest BCUT2D eigenvalue weighted by Gasteiger charge is 2.48. The van der Waals surface area contributed by atoms with Gasteiger partial charge in [0.15, 0.2) is 6.39 Å². The molecule has 0 aliphatic carbocycles. The lowest BCUT2D eigenvalue weighted by molar-refractivity contribution is 0.0509. The zero-order chi connectivity index (χ0) is 17.8. The molecule has 2 aromatic heterocycles. The van der Waals surface area contributed by atoms with Crippen LogP contribution in [0, 0.1) is 5.92 Å². The van der Waals surface area contributed by atoms with Gasteiger partial charge in [0.1, 0.15) is 11.4 Å². The van der Waals surface area contributed by atoms with Gasteiger partial charge in [-0.15, -0.1) is 0 Å². The van der Waals surface area contributed by atoms with E-state index in [2.05, 4.69) is 22.3 Å². The van der Waals surface area contributed by atoms with Crippen LogP contribution < -0.4 is 5.32 Å². The molecule has 26 heavy (non-hydrogen) atoms. The van der Waals surface area contributed by atoms with Gasteiger partial charge in [0.05, 0.1) is 24.5 Å². The second kappa shape index (κ2) is 5.58. The molecule has 9 nitrogen and oxygen atoms in total. The van der Waals surface area contributed by atoms with Gasteiger partial charge in [0, 0.05) is 26.2 Å². The van der Waals surface area contributed by atoms with E-state index in [1.54, 1.807) is 11.1 Å². The summed E-state index contributed by atoms with van der Waals surface area (Å²) in [5.74, 6) is 1.39. The Balaban J connectivity index is 1.32. The van der Waals surface area contributed by atoms with Crippen LogP contribution in [0.25, 0.3) is 0 Å². The molecule has 0 spiro atoms. The molecule has 1 N–H and O–H groups in total. The third-order valence-electron chi connectivity index (χ3n) is 5.58. The zero-order valence-electron chi connectivity index (χ0n) is 14.5. The standard InChI is InChI=1S/C17H20N6O3/c1-10-3-19-15-13(4-20-23(15)6-10)16(24)21-7-12-2-11(21)8-22(12)17(25)14-5-18-9-26-14/h4-5,9-12,19H,2-3,6-8H2,1H3/t10?,11-,12-/m0/s1. The number of fused-ring (bicyclic) bond motifs is 3. The maximum atomic E-state index is 13.1. The van der Waals surface area contributed by atoms with E-state index in [0.717, 1.165) is 25.3 Å². The van der Waals surface area contributed by atoms with Crippen molar-refractivity contribution in [3.05, 3.63) is 30.1 Å². The minimum absolute atomic E-state index is 0.00688. The lowest BCUT2D eigenvalue weighted by Crippen LogP contribution is -2.50. The largest absolute Gasteiger partial charge is 0.438 e. The zero-order valence-corrected chi connectivity index (χ0v) is 14.5. The first-order valence-electron chi connectivity index (χ1n) is 8.92. The molecule has 2 fully saturated rings. The van der Waals surface area contributed by atoms with Crippen LogP contribution in [0.4, 0.5) is 5.82 Å². The predicted octanol–water partition coefficient (Wildman–Crippen LogP) is 0.672. The van der Waals surface area contributed by atoms with Crippen molar-refractivity contribution in [1.82, 2.24) is 24.6 Å². The number of hydrogen-bond acceptors (Lipinski definition) is 6. The van der Waals surface area contributed by atoms with E-state index in [9.17, 15) is 9.59 Å². The molecule has 0 radical (unpaired) electrons. The van der Waals surface area contributed by atoms with Crippen molar-refractivity contribution in [3.63, 3.8) is 0 Å². The van der Waals surface area contributed by atoms with E-state index >= 15 is 0 Å². The molecule has 2 bridgehead atoms. The SMILES string of the molecule is CC1CNc2c(C(=O)N3C[C@@H]4C[C@H]3CN4C(=O)c3cnco3)cnn2C1. The first-order valence-corrected chi connectivity index (χ1v) is 8.92. The van der Waals surface area contributed by atoms with E-state index < -0.39 is 0 Å². The molecule has 3 atom stereocenters. The monoisotopic (exact) mass is 356 g/mol. The maximum absolute atomic E-state index is 13.1. The van der Waals surface area contributed by atoms with Gasteiger partial charge >= 0.3 is 0 Å². The number of piperazine rings is 1. The van der Waals surface area contributed by atoms with Crippen LogP contribution in [0.15, 0.2) is 23.2 Å². The second-order valence-corrected chi connectivity index (χ2v) is 7.40. The fraction of sp³-hybridized carbons (Fsp3) is 0.529. The molecule has 5 heterocycles. The lowest BCUT2D eigenvalue weighted by Gasteiger charge is -2.34. The van der Waals surface area contributed by atoms with Gasteiger partial charge in [-0.05, 0) is 12.3 Å². The maximum Gasteiger partial charge on any atom is 0.291 e. The Bertz CT molecular complexity index is 860. The van der Waals surface area contributed by atoms with E-state index in [1.165, 1.54) is 12.6 Å². The molecule has 9 heteroatoms. The van der Waals surface area contributed by atoms with Crippen LogP contribution in [0.5, 0.6) is 0 Å². The van der Waals surface area contributed by atoms with Crippen LogP contribution >= 0.6 is 0 Å². The summed E-state index contributed by atoms with van der Waals surface area (Å²) in [4.78, 5) is 33.0. The van der Waals surface area contributed by atoms with Crippen molar-refractivity contribution in [2.75, 3.05) is 25.0 Å². The van der Waals surface area contributed by atoms with Crippen molar-refractivity contribution >= 4 is 17.6 Å².